The van der Waals surface area contributed by atoms with Crippen molar-refractivity contribution in [1.82, 2.24) is 14.3 Å². The Balaban J connectivity index is 0.00000180. The summed E-state index contributed by atoms with van der Waals surface area (Å²) in [5.74, 6) is 0. The van der Waals surface area contributed by atoms with Crippen LogP contribution < -0.4 is 10.0 Å². The van der Waals surface area contributed by atoms with Crippen molar-refractivity contribution in [3.63, 3.8) is 0 Å². The third kappa shape index (κ3) is 4.84. The predicted octanol–water partition coefficient (Wildman–Crippen LogP) is -0.0355. The van der Waals surface area contributed by atoms with Crippen LogP contribution >= 0.6 is 12.4 Å². The summed E-state index contributed by atoms with van der Waals surface area (Å²) in [6, 6.07) is 0. The van der Waals surface area contributed by atoms with Crippen LogP contribution in [0, 0.1) is 5.41 Å². The van der Waals surface area contributed by atoms with Gasteiger partial charge in [0, 0.05) is 26.2 Å². The van der Waals surface area contributed by atoms with Crippen LogP contribution in [0.2, 0.25) is 0 Å². The molecule has 8 heteroatoms. The molecule has 0 aromatic carbocycles. The second kappa shape index (κ2) is 7.19. The highest BCUT2D eigenvalue weighted by atomic mass is 35.5. The molecule has 19 heavy (non-hydrogen) atoms. The molecule has 6 nitrogen and oxygen atoms in total. The molecule has 0 spiro atoms. The summed E-state index contributed by atoms with van der Waals surface area (Å²) in [6.45, 7) is 6.40. The molecular formula is C11H24ClN3O3S. The minimum Gasteiger partial charge on any atom is -0.379 e. The van der Waals surface area contributed by atoms with E-state index in [2.05, 4.69) is 17.0 Å². The molecular weight excluding hydrogens is 290 g/mol. The Labute approximate surface area is 121 Å². The second-order valence-electron chi connectivity index (χ2n) is 5.43. The molecule has 2 heterocycles. The second-order valence-corrected chi connectivity index (χ2v) is 7.18. The van der Waals surface area contributed by atoms with Crippen LogP contribution in [0.5, 0.6) is 0 Å². The molecule has 0 aromatic rings. The minimum absolute atomic E-state index is 0. The summed E-state index contributed by atoms with van der Waals surface area (Å²) in [5, 5.41) is 3.32. The first kappa shape index (κ1) is 17.1. The normalized spacial score (nSPS) is 29.7. The molecule has 2 saturated heterocycles. The van der Waals surface area contributed by atoms with E-state index in [-0.39, 0.29) is 17.8 Å². The molecule has 114 valence electrons. The topological polar surface area (TPSA) is 70.7 Å². The van der Waals surface area contributed by atoms with Gasteiger partial charge in [-0.3, -0.25) is 0 Å². The van der Waals surface area contributed by atoms with Crippen molar-refractivity contribution in [2.75, 3.05) is 45.9 Å². The van der Waals surface area contributed by atoms with Crippen molar-refractivity contribution >= 4 is 22.6 Å². The summed E-state index contributed by atoms with van der Waals surface area (Å²) in [7, 11) is -3.35. The molecule has 2 aliphatic heterocycles. The maximum atomic E-state index is 12.1. The van der Waals surface area contributed by atoms with Gasteiger partial charge in [0.15, 0.2) is 0 Å². The van der Waals surface area contributed by atoms with Crippen molar-refractivity contribution in [3.8, 4) is 0 Å². The summed E-state index contributed by atoms with van der Waals surface area (Å²) < 4.78 is 33.6. The highest BCUT2D eigenvalue weighted by Gasteiger charge is 2.30. The fraction of sp³-hybridized carbons (Fsp3) is 1.00. The van der Waals surface area contributed by atoms with Crippen LogP contribution in [0.1, 0.15) is 19.8 Å². The van der Waals surface area contributed by atoms with Gasteiger partial charge in [-0.1, -0.05) is 6.92 Å². The van der Waals surface area contributed by atoms with Gasteiger partial charge in [-0.15, -0.1) is 12.4 Å². The van der Waals surface area contributed by atoms with E-state index in [0.717, 1.165) is 25.9 Å². The number of halogens is 1. The predicted molar refractivity (Wildman–Crippen MR) is 76.8 cm³/mol. The first-order valence-electron chi connectivity index (χ1n) is 6.55. The Morgan fingerprint density at radius 3 is 2.63 bits per heavy atom. The van der Waals surface area contributed by atoms with Crippen LogP contribution in [0.4, 0.5) is 0 Å². The minimum atomic E-state index is -3.35. The molecule has 0 bridgehead atoms. The Morgan fingerprint density at radius 1 is 1.37 bits per heavy atom. The third-order valence-electron chi connectivity index (χ3n) is 3.68. The smallest absolute Gasteiger partial charge is 0.279 e. The zero-order chi connectivity index (χ0) is 13.1. The summed E-state index contributed by atoms with van der Waals surface area (Å²) in [6.07, 6.45) is 2.17. The molecule has 1 atom stereocenters. The van der Waals surface area contributed by atoms with E-state index >= 15 is 0 Å². The zero-order valence-corrected chi connectivity index (χ0v) is 13.0. The Bertz CT molecular complexity index is 365. The van der Waals surface area contributed by atoms with Gasteiger partial charge < -0.3 is 10.1 Å². The van der Waals surface area contributed by atoms with E-state index in [1.54, 1.807) is 0 Å². The van der Waals surface area contributed by atoms with Gasteiger partial charge in [-0.05, 0) is 24.8 Å². The van der Waals surface area contributed by atoms with Gasteiger partial charge in [-0.2, -0.15) is 12.7 Å². The molecule has 0 radical (unpaired) electrons. The van der Waals surface area contributed by atoms with Gasteiger partial charge in [-0.25, -0.2) is 4.72 Å². The van der Waals surface area contributed by atoms with Crippen molar-refractivity contribution < 1.29 is 13.2 Å². The average Bonchev–Trinajstić information content (AvgIpc) is 2.39. The summed E-state index contributed by atoms with van der Waals surface area (Å²) >= 11 is 0. The fourth-order valence-corrected chi connectivity index (χ4v) is 3.76. The van der Waals surface area contributed by atoms with Crippen molar-refractivity contribution in [2.45, 2.75) is 19.8 Å². The van der Waals surface area contributed by atoms with Crippen LogP contribution in [0.25, 0.3) is 0 Å². The SMILES string of the molecule is CC1(CNS(=O)(=O)N2CCOCC2)CCCNC1.Cl. The van der Waals surface area contributed by atoms with E-state index in [4.69, 9.17) is 4.74 Å². The lowest BCUT2D eigenvalue weighted by molar-refractivity contribution is 0.0722. The van der Waals surface area contributed by atoms with E-state index < -0.39 is 10.2 Å². The molecule has 0 amide bonds. The van der Waals surface area contributed by atoms with E-state index in [0.29, 0.717) is 32.8 Å². The molecule has 2 fully saturated rings. The van der Waals surface area contributed by atoms with Crippen LogP contribution in [-0.2, 0) is 14.9 Å². The number of piperidine rings is 1. The fourth-order valence-electron chi connectivity index (χ4n) is 2.41. The number of hydrogen-bond acceptors (Lipinski definition) is 4. The number of hydrogen-bond donors (Lipinski definition) is 2. The lowest BCUT2D eigenvalue weighted by Gasteiger charge is -2.35. The summed E-state index contributed by atoms with van der Waals surface area (Å²) in [5.41, 5.74) is 0.0254. The monoisotopic (exact) mass is 313 g/mol. The number of nitrogens with zero attached hydrogens (tertiary/aromatic N) is 1. The Morgan fingerprint density at radius 2 is 2.05 bits per heavy atom. The molecule has 0 aromatic heterocycles. The molecule has 2 N–H and O–H groups in total. The maximum Gasteiger partial charge on any atom is 0.279 e. The number of morpholine rings is 1. The molecule has 0 aliphatic carbocycles. The van der Waals surface area contributed by atoms with E-state index in [1.807, 2.05) is 0 Å². The molecule has 0 saturated carbocycles. The highest BCUT2D eigenvalue weighted by Crippen LogP contribution is 2.24. The Kier molecular flexibility index (Phi) is 6.49. The van der Waals surface area contributed by atoms with Crippen LogP contribution in [0.15, 0.2) is 0 Å². The standard InChI is InChI=1S/C11H23N3O3S.ClH/c1-11(3-2-4-12-9-11)10-13-18(15,16)14-5-7-17-8-6-14;/h12-13H,2-10H2,1H3;1H. The number of rotatable bonds is 4. The van der Waals surface area contributed by atoms with Crippen molar-refractivity contribution in [2.24, 2.45) is 5.41 Å². The quantitative estimate of drug-likeness (QED) is 0.764. The first-order valence-corrected chi connectivity index (χ1v) is 7.99. The van der Waals surface area contributed by atoms with E-state index in [1.165, 1.54) is 4.31 Å². The lowest BCUT2D eigenvalue weighted by Crippen LogP contribution is -2.51. The van der Waals surface area contributed by atoms with E-state index in [9.17, 15) is 8.42 Å². The van der Waals surface area contributed by atoms with Crippen molar-refractivity contribution in [3.05, 3.63) is 0 Å². The summed E-state index contributed by atoms with van der Waals surface area (Å²) in [4.78, 5) is 0. The molecule has 1 unspecified atom stereocenters. The zero-order valence-electron chi connectivity index (χ0n) is 11.4. The van der Waals surface area contributed by atoms with Gasteiger partial charge in [0.1, 0.15) is 0 Å². The molecule has 2 rings (SSSR count). The highest BCUT2D eigenvalue weighted by molar-refractivity contribution is 7.87. The van der Waals surface area contributed by atoms with Crippen molar-refractivity contribution in [1.29, 1.82) is 0 Å². The average molecular weight is 314 g/mol. The van der Waals surface area contributed by atoms with Gasteiger partial charge in [0.2, 0.25) is 0 Å². The van der Waals surface area contributed by atoms with Gasteiger partial charge in [0.25, 0.3) is 10.2 Å². The van der Waals surface area contributed by atoms with Gasteiger partial charge >= 0.3 is 0 Å². The largest absolute Gasteiger partial charge is 0.379 e. The van der Waals surface area contributed by atoms with Crippen LogP contribution in [0.3, 0.4) is 0 Å². The molecule has 2 aliphatic rings. The lowest BCUT2D eigenvalue weighted by atomic mass is 9.83. The number of nitrogens with one attached hydrogen (secondary N) is 2. The first-order chi connectivity index (χ1) is 8.52. The van der Waals surface area contributed by atoms with Crippen LogP contribution in [-0.4, -0.2) is 58.7 Å². The number of ether oxygens (including phenoxy) is 1. The third-order valence-corrected chi connectivity index (χ3v) is 5.23. The Hall–Kier alpha value is 0.0800. The van der Waals surface area contributed by atoms with Gasteiger partial charge in [0.05, 0.1) is 13.2 Å². The maximum absolute atomic E-state index is 12.1.